The molecule has 1 aromatic carbocycles. The topological polar surface area (TPSA) is 72.2 Å². The summed E-state index contributed by atoms with van der Waals surface area (Å²) in [6.45, 7) is 0.454. The maximum atomic E-state index is 12.6. The Morgan fingerprint density at radius 2 is 1.71 bits per heavy atom. The van der Waals surface area contributed by atoms with Gasteiger partial charge < -0.3 is 5.73 Å². The molecule has 1 aliphatic carbocycles. The van der Waals surface area contributed by atoms with Gasteiger partial charge in [0.2, 0.25) is 10.0 Å². The van der Waals surface area contributed by atoms with Crippen molar-refractivity contribution >= 4 is 44.8 Å². The fourth-order valence-corrected chi connectivity index (χ4v) is 5.57. The molecule has 2 atom stereocenters. The zero-order valence-electron chi connectivity index (χ0n) is 11.3. The summed E-state index contributed by atoms with van der Waals surface area (Å²) in [5, 5.41) is 0.321. The number of hydrogen-bond acceptors (Lipinski definition) is 3. The van der Waals surface area contributed by atoms with Crippen molar-refractivity contribution in [3.63, 3.8) is 0 Å². The van der Waals surface area contributed by atoms with Crippen LogP contribution in [0.4, 0.5) is 0 Å². The van der Waals surface area contributed by atoms with Crippen LogP contribution >= 0.6 is 34.8 Å². The molecular formula is C13H17Cl3N2O2S. The Labute approximate surface area is 140 Å². The molecule has 0 aliphatic heterocycles. The highest BCUT2D eigenvalue weighted by molar-refractivity contribution is 7.89. The molecule has 0 aromatic heterocycles. The van der Waals surface area contributed by atoms with Gasteiger partial charge in [-0.2, -0.15) is 0 Å². The SMILES string of the molecule is NCC1CCCCC1NS(=O)(=O)c1c(Cl)cc(Cl)cc1Cl. The molecule has 21 heavy (non-hydrogen) atoms. The van der Waals surface area contributed by atoms with Crippen LogP contribution in [0.25, 0.3) is 0 Å². The molecule has 0 saturated heterocycles. The molecule has 1 aromatic rings. The van der Waals surface area contributed by atoms with Crippen molar-refractivity contribution in [2.45, 2.75) is 36.6 Å². The highest BCUT2D eigenvalue weighted by atomic mass is 35.5. The van der Waals surface area contributed by atoms with Crippen LogP contribution in [0.2, 0.25) is 15.1 Å². The second kappa shape index (κ2) is 7.02. The molecule has 2 rings (SSSR count). The summed E-state index contributed by atoms with van der Waals surface area (Å²) in [5.74, 6) is 0.137. The van der Waals surface area contributed by atoms with E-state index in [1.54, 1.807) is 0 Å². The molecule has 2 unspecified atom stereocenters. The average molecular weight is 372 g/mol. The van der Waals surface area contributed by atoms with Gasteiger partial charge in [-0.1, -0.05) is 47.6 Å². The Morgan fingerprint density at radius 1 is 1.14 bits per heavy atom. The van der Waals surface area contributed by atoms with Gasteiger partial charge in [-0.15, -0.1) is 0 Å². The Hall–Kier alpha value is -0.0400. The van der Waals surface area contributed by atoms with Gasteiger partial charge in [0.15, 0.2) is 0 Å². The summed E-state index contributed by atoms with van der Waals surface area (Å²) in [7, 11) is -3.81. The Morgan fingerprint density at radius 3 is 2.29 bits per heavy atom. The first-order chi connectivity index (χ1) is 9.85. The third kappa shape index (κ3) is 4.03. The molecule has 0 bridgehead atoms. The first-order valence-electron chi connectivity index (χ1n) is 6.72. The molecule has 4 nitrogen and oxygen atoms in total. The predicted octanol–water partition coefficient (Wildman–Crippen LogP) is 3.44. The standard InChI is InChI=1S/C13H17Cl3N2O2S/c14-9-5-10(15)13(11(16)6-9)21(19,20)18-12-4-2-1-3-8(12)7-17/h5-6,8,12,18H,1-4,7,17H2. The zero-order valence-corrected chi connectivity index (χ0v) is 14.4. The highest BCUT2D eigenvalue weighted by Gasteiger charge is 2.31. The second-order valence-corrected chi connectivity index (χ2v) is 8.11. The molecule has 0 heterocycles. The lowest BCUT2D eigenvalue weighted by molar-refractivity contribution is 0.296. The van der Waals surface area contributed by atoms with Crippen LogP contribution in [0.15, 0.2) is 17.0 Å². The van der Waals surface area contributed by atoms with Gasteiger partial charge in [0, 0.05) is 11.1 Å². The first kappa shape index (κ1) is 17.3. The molecule has 8 heteroatoms. The Bertz CT molecular complexity index is 599. The van der Waals surface area contributed by atoms with Crippen LogP contribution in [0.3, 0.4) is 0 Å². The van der Waals surface area contributed by atoms with Crippen molar-refractivity contribution in [1.82, 2.24) is 4.72 Å². The zero-order chi connectivity index (χ0) is 15.6. The van der Waals surface area contributed by atoms with Crippen molar-refractivity contribution in [3.8, 4) is 0 Å². The summed E-state index contributed by atoms with van der Waals surface area (Å²) >= 11 is 17.8. The predicted molar refractivity (Wildman–Crippen MR) is 86.6 cm³/mol. The third-order valence-corrected chi connectivity index (χ3v) is 6.38. The molecule has 1 saturated carbocycles. The number of halogens is 3. The number of sulfonamides is 1. The van der Waals surface area contributed by atoms with Gasteiger partial charge >= 0.3 is 0 Å². The number of rotatable bonds is 4. The Kier molecular flexibility index (Phi) is 5.79. The minimum atomic E-state index is -3.81. The van der Waals surface area contributed by atoms with Gasteiger partial charge in [0.25, 0.3) is 0 Å². The number of nitrogens with two attached hydrogens (primary N) is 1. The first-order valence-corrected chi connectivity index (χ1v) is 9.34. The molecule has 1 aliphatic rings. The van der Waals surface area contributed by atoms with E-state index in [0.717, 1.165) is 25.7 Å². The molecule has 118 valence electrons. The summed E-state index contributed by atoms with van der Waals surface area (Å²) in [4.78, 5) is -0.128. The van der Waals surface area contributed by atoms with Gasteiger partial charge in [0.1, 0.15) is 4.90 Å². The van der Waals surface area contributed by atoms with Crippen molar-refractivity contribution in [1.29, 1.82) is 0 Å². The molecule has 0 amide bonds. The van der Waals surface area contributed by atoms with Gasteiger partial charge in [-0.25, -0.2) is 13.1 Å². The normalized spacial score (nSPS) is 23.2. The van der Waals surface area contributed by atoms with Crippen molar-refractivity contribution in [3.05, 3.63) is 27.2 Å². The second-order valence-electron chi connectivity index (χ2n) is 5.21. The van der Waals surface area contributed by atoms with E-state index in [0.29, 0.717) is 11.6 Å². The van der Waals surface area contributed by atoms with E-state index in [1.807, 2.05) is 0 Å². The maximum Gasteiger partial charge on any atom is 0.243 e. The van der Waals surface area contributed by atoms with Crippen LogP contribution in [-0.2, 0) is 10.0 Å². The van der Waals surface area contributed by atoms with E-state index in [9.17, 15) is 8.42 Å². The van der Waals surface area contributed by atoms with E-state index in [2.05, 4.69) is 4.72 Å². The van der Waals surface area contributed by atoms with E-state index in [1.165, 1.54) is 12.1 Å². The quantitative estimate of drug-likeness (QED) is 0.851. The third-order valence-electron chi connectivity index (χ3n) is 3.75. The van der Waals surface area contributed by atoms with Gasteiger partial charge in [0.05, 0.1) is 10.0 Å². The smallest absolute Gasteiger partial charge is 0.243 e. The lowest BCUT2D eigenvalue weighted by Crippen LogP contribution is -2.44. The molecule has 0 radical (unpaired) electrons. The summed E-state index contributed by atoms with van der Waals surface area (Å²) in [6, 6.07) is 2.55. The van der Waals surface area contributed by atoms with Gasteiger partial charge in [-0.3, -0.25) is 0 Å². The van der Waals surface area contributed by atoms with Crippen LogP contribution in [0, 0.1) is 5.92 Å². The summed E-state index contributed by atoms with van der Waals surface area (Å²) < 4.78 is 27.8. The van der Waals surface area contributed by atoms with E-state index >= 15 is 0 Å². The lowest BCUT2D eigenvalue weighted by Gasteiger charge is -2.31. The van der Waals surface area contributed by atoms with Gasteiger partial charge in [-0.05, 0) is 37.4 Å². The fraction of sp³-hybridized carbons (Fsp3) is 0.538. The van der Waals surface area contributed by atoms with Crippen LogP contribution in [-0.4, -0.2) is 21.0 Å². The molecule has 3 N–H and O–H groups in total. The minimum absolute atomic E-state index is 0.0140. The fourth-order valence-electron chi connectivity index (χ4n) is 2.69. The monoisotopic (exact) mass is 370 g/mol. The summed E-state index contributed by atoms with van der Waals surface area (Å²) in [6.07, 6.45) is 3.74. The molecule has 1 fully saturated rings. The number of hydrogen-bond donors (Lipinski definition) is 2. The van der Waals surface area contributed by atoms with Crippen LogP contribution < -0.4 is 10.5 Å². The average Bonchev–Trinajstić information content (AvgIpc) is 2.37. The molecule has 0 spiro atoms. The number of benzene rings is 1. The van der Waals surface area contributed by atoms with Crippen molar-refractivity contribution in [2.24, 2.45) is 11.7 Å². The highest BCUT2D eigenvalue weighted by Crippen LogP contribution is 2.34. The van der Waals surface area contributed by atoms with Crippen LogP contribution in [0.1, 0.15) is 25.7 Å². The molecular weight excluding hydrogens is 355 g/mol. The van der Waals surface area contributed by atoms with Crippen molar-refractivity contribution in [2.75, 3.05) is 6.54 Å². The van der Waals surface area contributed by atoms with E-state index in [4.69, 9.17) is 40.5 Å². The van der Waals surface area contributed by atoms with Crippen molar-refractivity contribution < 1.29 is 8.42 Å². The van der Waals surface area contributed by atoms with Crippen LogP contribution in [0.5, 0.6) is 0 Å². The maximum absolute atomic E-state index is 12.6. The largest absolute Gasteiger partial charge is 0.330 e. The minimum Gasteiger partial charge on any atom is -0.330 e. The van der Waals surface area contributed by atoms with E-state index < -0.39 is 10.0 Å². The Balaban J connectivity index is 2.30. The van der Waals surface area contributed by atoms with E-state index in [-0.39, 0.29) is 26.9 Å². The number of nitrogens with one attached hydrogen (secondary N) is 1. The summed E-state index contributed by atoms with van der Waals surface area (Å²) in [5.41, 5.74) is 5.73. The lowest BCUT2D eigenvalue weighted by atomic mass is 9.85.